The highest BCUT2D eigenvalue weighted by Gasteiger charge is 2.02. The van der Waals surface area contributed by atoms with Crippen molar-refractivity contribution in [3.05, 3.63) is 47.9 Å². The number of nitrogen functional groups attached to an aromatic ring is 1. The summed E-state index contributed by atoms with van der Waals surface area (Å²) in [6, 6.07) is 9.77. The number of nitrogens with two attached hydrogens (primary N) is 1. The minimum Gasteiger partial charge on any atom is -0.495 e. The van der Waals surface area contributed by atoms with Crippen molar-refractivity contribution in [2.75, 3.05) is 12.8 Å². The second kappa shape index (κ2) is 5.68. The molecule has 0 radical (unpaired) electrons. The zero-order valence-corrected chi connectivity index (χ0v) is 10.5. The molecular formula is C13H15NO2S. The highest BCUT2D eigenvalue weighted by molar-refractivity contribution is 7.97. The van der Waals surface area contributed by atoms with Gasteiger partial charge in [-0.2, -0.15) is 0 Å². The second-order valence-corrected chi connectivity index (χ2v) is 4.63. The number of furan rings is 1. The molecule has 0 bridgehead atoms. The van der Waals surface area contributed by atoms with Crippen LogP contribution in [0, 0.1) is 0 Å². The van der Waals surface area contributed by atoms with Crippen LogP contribution in [0.1, 0.15) is 11.3 Å². The van der Waals surface area contributed by atoms with Gasteiger partial charge in [-0.05, 0) is 29.8 Å². The van der Waals surface area contributed by atoms with E-state index in [1.54, 1.807) is 25.1 Å². The lowest BCUT2D eigenvalue weighted by atomic mass is 10.2. The Morgan fingerprint density at radius 3 is 2.82 bits per heavy atom. The van der Waals surface area contributed by atoms with Crippen molar-refractivity contribution in [3.63, 3.8) is 0 Å². The van der Waals surface area contributed by atoms with Crippen molar-refractivity contribution < 1.29 is 9.15 Å². The molecule has 17 heavy (non-hydrogen) atoms. The molecule has 0 unspecified atom stereocenters. The molecule has 0 saturated heterocycles. The predicted molar refractivity (Wildman–Crippen MR) is 71.1 cm³/mol. The van der Waals surface area contributed by atoms with Gasteiger partial charge in [0.15, 0.2) is 0 Å². The summed E-state index contributed by atoms with van der Waals surface area (Å²) in [7, 11) is 1.62. The molecule has 0 amide bonds. The molecule has 0 aliphatic carbocycles. The molecule has 1 heterocycles. The maximum atomic E-state index is 5.85. The maximum absolute atomic E-state index is 5.85. The van der Waals surface area contributed by atoms with Gasteiger partial charge in [0, 0.05) is 5.75 Å². The molecule has 0 atom stereocenters. The summed E-state index contributed by atoms with van der Waals surface area (Å²) in [4.78, 5) is 0. The maximum Gasteiger partial charge on any atom is 0.141 e. The first-order valence-corrected chi connectivity index (χ1v) is 6.47. The topological polar surface area (TPSA) is 48.4 Å². The van der Waals surface area contributed by atoms with Crippen LogP contribution in [0.4, 0.5) is 5.69 Å². The monoisotopic (exact) mass is 249 g/mol. The molecule has 0 aliphatic heterocycles. The average molecular weight is 249 g/mol. The van der Waals surface area contributed by atoms with Gasteiger partial charge in [0.2, 0.25) is 0 Å². The fraction of sp³-hybridized carbons (Fsp3) is 0.231. The number of ether oxygens (including phenoxy) is 1. The third kappa shape index (κ3) is 3.20. The Bertz CT molecular complexity index is 468. The first-order chi connectivity index (χ1) is 8.29. The summed E-state index contributed by atoms with van der Waals surface area (Å²) in [6.07, 6.45) is 1.70. The SMILES string of the molecule is COc1ccc(CSCc2ccco2)cc1N. The Kier molecular flexibility index (Phi) is 3.98. The van der Waals surface area contributed by atoms with Crippen LogP contribution in [0.2, 0.25) is 0 Å². The zero-order chi connectivity index (χ0) is 12.1. The normalized spacial score (nSPS) is 10.4. The molecule has 4 heteroatoms. The number of benzene rings is 1. The summed E-state index contributed by atoms with van der Waals surface area (Å²) in [5, 5.41) is 0. The van der Waals surface area contributed by atoms with Gasteiger partial charge in [0.1, 0.15) is 11.5 Å². The molecular weight excluding hydrogens is 234 g/mol. The quantitative estimate of drug-likeness (QED) is 0.826. The third-order valence-corrected chi connectivity index (χ3v) is 3.41. The Morgan fingerprint density at radius 1 is 1.29 bits per heavy atom. The third-order valence-electron chi connectivity index (χ3n) is 2.39. The van der Waals surface area contributed by atoms with Gasteiger partial charge in [-0.3, -0.25) is 0 Å². The summed E-state index contributed by atoms with van der Waals surface area (Å²) in [5.74, 6) is 3.51. The number of thioether (sulfide) groups is 1. The zero-order valence-electron chi connectivity index (χ0n) is 9.68. The van der Waals surface area contributed by atoms with Crippen molar-refractivity contribution >= 4 is 17.4 Å². The summed E-state index contributed by atoms with van der Waals surface area (Å²) in [5.41, 5.74) is 7.72. The molecule has 90 valence electrons. The molecule has 2 N–H and O–H groups in total. The van der Waals surface area contributed by atoms with Gasteiger partial charge in [0.25, 0.3) is 0 Å². The van der Waals surface area contributed by atoms with Crippen molar-refractivity contribution in [1.29, 1.82) is 0 Å². The molecule has 0 fully saturated rings. The molecule has 2 aromatic rings. The smallest absolute Gasteiger partial charge is 0.141 e. The Labute approximate surface area is 105 Å². The van der Waals surface area contributed by atoms with Crippen molar-refractivity contribution in [1.82, 2.24) is 0 Å². The van der Waals surface area contributed by atoms with E-state index in [9.17, 15) is 0 Å². The highest BCUT2D eigenvalue weighted by Crippen LogP contribution is 2.25. The van der Waals surface area contributed by atoms with E-state index >= 15 is 0 Å². The Morgan fingerprint density at radius 2 is 2.18 bits per heavy atom. The van der Waals surface area contributed by atoms with E-state index in [-0.39, 0.29) is 0 Å². The van der Waals surface area contributed by atoms with Gasteiger partial charge in [-0.1, -0.05) is 6.07 Å². The number of methoxy groups -OCH3 is 1. The number of anilines is 1. The lowest BCUT2D eigenvalue weighted by Crippen LogP contribution is -1.93. The van der Waals surface area contributed by atoms with Crippen LogP contribution in [0.3, 0.4) is 0 Å². The standard InChI is InChI=1S/C13H15NO2S/c1-15-13-5-4-10(7-12(13)14)8-17-9-11-3-2-6-16-11/h2-7H,8-9,14H2,1H3. The first-order valence-electron chi connectivity index (χ1n) is 5.32. The van der Waals surface area contributed by atoms with E-state index in [4.69, 9.17) is 14.9 Å². The van der Waals surface area contributed by atoms with Crippen LogP contribution < -0.4 is 10.5 Å². The lowest BCUT2D eigenvalue weighted by Gasteiger charge is -2.06. The first kappa shape index (κ1) is 11.9. The summed E-state index contributed by atoms with van der Waals surface area (Å²) in [6.45, 7) is 0. The minimum atomic E-state index is 0.684. The van der Waals surface area contributed by atoms with E-state index in [2.05, 4.69) is 0 Å². The minimum absolute atomic E-state index is 0.684. The molecule has 1 aromatic heterocycles. The second-order valence-electron chi connectivity index (χ2n) is 3.65. The summed E-state index contributed by atoms with van der Waals surface area (Å²) < 4.78 is 10.4. The van der Waals surface area contributed by atoms with E-state index in [1.807, 2.05) is 30.3 Å². The van der Waals surface area contributed by atoms with Crippen molar-refractivity contribution in [2.24, 2.45) is 0 Å². The molecule has 1 aromatic carbocycles. The number of hydrogen-bond donors (Lipinski definition) is 1. The Hall–Kier alpha value is -1.55. The predicted octanol–water partition coefficient (Wildman–Crippen LogP) is 3.30. The lowest BCUT2D eigenvalue weighted by molar-refractivity contribution is 0.417. The van der Waals surface area contributed by atoms with Crippen molar-refractivity contribution in [3.8, 4) is 5.75 Å². The fourth-order valence-electron chi connectivity index (χ4n) is 1.54. The van der Waals surface area contributed by atoms with Gasteiger partial charge < -0.3 is 14.9 Å². The van der Waals surface area contributed by atoms with E-state index in [0.717, 1.165) is 23.0 Å². The largest absolute Gasteiger partial charge is 0.495 e. The van der Waals surface area contributed by atoms with Gasteiger partial charge in [-0.15, -0.1) is 11.8 Å². The van der Waals surface area contributed by atoms with Crippen LogP contribution >= 0.6 is 11.8 Å². The molecule has 3 nitrogen and oxygen atoms in total. The molecule has 0 aliphatic rings. The van der Waals surface area contributed by atoms with E-state index in [0.29, 0.717) is 5.69 Å². The van der Waals surface area contributed by atoms with Gasteiger partial charge in [0.05, 0.1) is 24.8 Å². The molecule has 0 spiro atoms. The average Bonchev–Trinajstić information content (AvgIpc) is 2.82. The fourth-order valence-corrected chi connectivity index (χ4v) is 2.42. The number of rotatable bonds is 5. The van der Waals surface area contributed by atoms with Crippen molar-refractivity contribution in [2.45, 2.75) is 11.5 Å². The highest BCUT2D eigenvalue weighted by atomic mass is 32.2. The van der Waals surface area contributed by atoms with Gasteiger partial charge >= 0.3 is 0 Å². The number of hydrogen-bond acceptors (Lipinski definition) is 4. The van der Waals surface area contributed by atoms with Crippen LogP contribution in [0.5, 0.6) is 5.75 Å². The van der Waals surface area contributed by atoms with Gasteiger partial charge in [-0.25, -0.2) is 0 Å². The molecule has 2 rings (SSSR count). The van der Waals surface area contributed by atoms with Crippen LogP contribution in [0.15, 0.2) is 41.0 Å². The Balaban J connectivity index is 1.89. The summed E-state index contributed by atoms with van der Waals surface area (Å²) >= 11 is 1.80. The van der Waals surface area contributed by atoms with E-state index in [1.165, 1.54) is 5.56 Å². The van der Waals surface area contributed by atoms with Crippen LogP contribution in [-0.2, 0) is 11.5 Å². The van der Waals surface area contributed by atoms with Crippen LogP contribution in [0.25, 0.3) is 0 Å². The van der Waals surface area contributed by atoms with Crippen LogP contribution in [-0.4, -0.2) is 7.11 Å². The molecule has 0 saturated carbocycles. The van der Waals surface area contributed by atoms with E-state index < -0.39 is 0 Å².